The van der Waals surface area contributed by atoms with Gasteiger partial charge in [-0.2, -0.15) is 0 Å². The van der Waals surface area contributed by atoms with Crippen LogP contribution < -0.4 is 9.64 Å². The van der Waals surface area contributed by atoms with Crippen molar-refractivity contribution in [1.29, 1.82) is 0 Å². The van der Waals surface area contributed by atoms with E-state index >= 15 is 0 Å². The average molecular weight is 350 g/mol. The molecule has 0 bridgehead atoms. The molecule has 134 valence electrons. The van der Waals surface area contributed by atoms with E-state index in [9.17, 15) is 9.59 Å². The van der Waals surface area contributed by atoms with E-state index in [0.29, 0.717) is 11.1 Å². The molecule has 0 atom stereocenters. The van der Waals surface area contributed by atoms with Gasteiger partial charge in [0.2, 0.25) is 0 Å². The fourth-order valence-electron chi connectivity index (χ4n) is 3.60. The monoisotopic (exact) mass is 350 g/mol. The summed E-state index contributed by atoms with van der Waals surface area (Å²) < 4.78 is 5.74. The third-order valence-corrected chi connectivity index (χ3v) is 5.02. The fourth-order valence-corrected chi connectivity index (χ4v) is 3.60. The zero-order chi connectivity index (χ0) is 17.9. The smallest absolute Gasteiger partial charge is 0.261 e. The third kappa shape index (κ3) is 3.17. The summed E-state index contributed by atoms with van der Waals surface area (Å²) in [5.74, 6) is 0.270. The standard InChI is InChI=1S/C21H22N2O3/c24-20-18-6-2-3-7-19(18)21(25)23(20)14-15-26-17-10-8-16(9-11-17)22-12-4-1-5-13-22/h2-3,6-11H,1,4-5,12-15H2. The van der Waals surface area contributed by atoms with Gasteiger partial charge in [0.15, 0.2) is 0 Å². The number of hydrogen-bond acceptors (Lipinski definition) is 4. The zero-order valence-electron chi connectivity index (χ0n) is 14.7. The Morgan fingerprint density at radius 1 is 0.808 bits per heavy atom. The minimum atomic E-state index is -0.241. The van der Waals surface area contributed by atoms with Gasteiger partial charge in [0.1, 0.15) is 12.4 Å². The Morgan fingerprint density at radius 3 is 2.04 bits per heavy atom. The van der Waals surface area contributed by atoms with Gasteiger partial charge in [-0.3, -0.25) is 14.5 Å². The number of nitrogens with zero attached hydrogens (tertiary/aromatic N) is 2. The summed E-state index contributed by atoms with van der Waals surface area (Å²) in [6.45, 7) is 2.76. The van der Waals surface area contributed by atoms with E-state index in [1.165, 1.54) is 29.8 Å². The molecule has 0 saturated carbocycles. The number of piperidine rings is 1. The minimum Gasteiger partial charge on any atom is -0.492 e. The van der Waals surface area contributed by atoms with Crippen LogP contribution in [0.4, 0.5) is 5.69 Å². The molecule has 2 amide bonds. The van der Waals surface area contributed by atoms with Crippen molar-refractivity contribution in [3.63, 3.8) is 0 Å². The average Bonchev–Trinajstić information content (AvgIpc) is 2.94. The Kier molecular flexibility index (Phi) is 4.61. The summed E-state index contributed by atoms with van der Waals surface area (Å²) in [5.41, 5.74) is 2.17. The van der Waals surface area contributed by atoms with Gasteiger partial charge in [-0.25, -0.2) is 0 Å². The van der Waals surface area contributed by atoms with Crippen LogP contribution in [-0.4, -0.2) is 43.0 Å². The predicted octanol–water partition coefficient (Wildman–Crippen LogP) is 3.35. The number of hydrogen-bond donors (Lipinski definition) is 0. The molecule has 0 radical (unpaired) electrons. The van der Waals surface area contributed by atoms with Gasteiger partial charge >= 0.3 is 0 Å². The van der Waals surface area contributed by atoms with Gasteiger partial charge < -0.3 is 9.64 Å². The number of anilines is 1. The van der Waals surface area contributed by atoms with E-state index in [-0.39, 0.29) is 25.0 Å². The third-order valence-electron chi connectivity index (χ3n) is 5.02. The summed E-state index contributed by atoms with van der Waals surface area (Å²) in [6.07, 6.45) is 3.81. The zero-order valence-corrected chi connectivity index (χ0v) is 14.7. The van der Waals surface area contributed by atoms with Gasteiger partial charge in [0.25, 0.3) is 11.8 Å². The number of benzene rings is 2. The van der Waals surface area contributed by atoms with Crippen molar-refractivity contribution in [2.45, 2.75) is 19.3 Å². The van der Waals surface area contributed by atoms with Crippen LogP contribution >= 0.6 is 0 Å². The fraction of sp³-hybridized carbons (Fsp3) is 0.333. The Bertz CT molecular complexity index is 775. The number of amides is 2. The van der Waals surface area contributed by atoms with E-state index < -0.39 is 0 Å². The quantitative estimate of drug-likeness (QED) is 0.776. The second-order valence-corrected chi connectivity index (χ2v) is 6.70. The van der Waals surface area contributed by atoms with E-state index in [4.69, 9.17) is 4.74 Å². The normalized spacial score (nSPS) is 16.8. The van der Waals surface area contributed by atoms with Crippen LogP contribution in [0.1, 0.15) is 40.0 Å². The van der Waals surface area contributed by atoms with Crippen LogP contribution in [0.15, 0.2) is 48.5 Å². The number of fused-ring (bicyclic) bond motifs is 1. The van der Waals surface area contributed by atoms with Crippen LogP contribution in [-0.2, 0) is 0 Å². The molecule has 0 spiro atoms. The van der Waals surface area contributed by atoms with E-state index in [1.807, 2.05) is 12.1 Å². The van der Waals surface area contributed by atoms with Crippen molar-refractivity contribution in [2.75, 3.05) is 31.1 Å². The maximum Gasteiger partial charge on any atom is 0.261 e. The second kappa shape index (κ2) is 7.20. The Morgan fingerprint density at radius 2 is 1.42 bits per heavy atom. The molecule has 4 rings (SSSR count). The molecular weight excluding hydrogens is 328 g/mol. The first kappa shape index (κ1) is 16.6. The van der Waals surface area contributed by atoms with Crippen molar-refractivity contribution >= 4 is 17.5 Å². The summed E-state index contributed by atoms with van der Waals surface area (Å²) in [4.78, 5) is 28.3. The molecule has 2 aliphatic heterocycles. The highest BCUT2D eigenvalue weighted by atomic mass is 16.5. The maximum atomic E-state index is 12.3. The van der Waals surface area contributed by atoms with E-state index in [1.54, 1.807) is 24.3 Å². The maximum absolute atomic E-state index is 12.3. The molecule has 2 heterocycles. The van der Waals surface area contributed by atoms with Crippen LogP contribution in [0.25, 0.3) is 0 Å². The lowest BCUT2D eigenvalue weighted by molar-refractivity contribution is 0.0631. The van der Waals surface area contributed by atoms with Gasteiger partial charge in [-0.1, -0.05) is 12.1 Å². The van der Waals surface area contributed by atoms with Crippen molar-refractivity contribution < 1.29 is 14.3 Å². The highest BCUT2D eigenvalue weighted by Crippen LogP contribution is 2.24. The molecule has 26 heavy (non-hydrogen) atoms. The summed E-state index contributed by atoms with van der Waals surface area (Å²) in [6, 6.07) is 15.0. The lowest BCUT2D eigenvalue weighted by Gasteiger charge is -2.28. The molecule has 0 aliphatic carbocycles. The Balaban J connectivity index is 1.32. The first-order valence-corrected chi connectivity index (χ1v) is 9.17. The SMILES string of the molecule is O=C1c2ccccc2C(=O)N1CCOc1ccc(N2CCCCC2)cc1. The summed E-state index contributed by atoms with van der Waals surface area (Å²) in [7, 11) is 0. The summed E-state index contributed by atoms with van der Waals surface area (Å²) >= 11 is 0. The largest absolute Gasteiger partial charge is 0.492 e. The van der Waals surface area contributed by atoms with Gasteiger partial charge in [-0.05, 0) is 55.7 Å². The van der Waals surface area contributed by atoms with Crippen molar-refractivity contribution in [2.24, 2.45) is 0 Å². The Labute approximate surface area is 153 Å². The molecule has 2 aromatic carbocycles. The number of ether oxygens (including phenoxy) is 1. The summed E-state index contributed by atoms with van der Waals surface area (Å²) in [5, 5.41) is 0. The molecule has 5 nitrogen and oxygen atoms in total. The van der Waals surface area contributed by atoms with Crippen LogP contribution in [0, 0.1) is 0 Å². The van der Waals surface area contributed by atoms with Crippen LogP contribution in [0.5, 0.6) is 5.75 Å². The first-order chi connectivity index (χ1) is 12.7. The lowest BCUT2D eigenvalue weighted by atomic mass is 10.1. The van der Waals surface area contributed by atoms with Gasteiger partial charge in [-0.15, -0.1) is 0 Å². The molecule has 1 fully saturated rings. The van der Waals surface area contributed by atoms with Crippen molar-refractivity contribution in [3.05, 3.63) is 59.7 Å². The Hall–Kier alpha value is -2.82. The topological polar surface area (TPSA) is 49.9 Å². The first-order valence-electron chi connectivity index (χ1n) is 9.17. The lowest BCUT2D eigenvalue weighted by Crippen LogP contribution is -2.33. The predicted molar refractivity (Wildman–Crippen MR) is 99.8 cm³/mol. The van der Waals surface area contributed by atoms with Crippen LogP contribution in [0.2, 0.25) is 0 Å². The number of carbonyl (C=O) groups excluding carboxylic acids is 2. The van der Waals surface area contributed by atoms with Gasteiger partial charge in [0.05, 0.1) is 17.7 Å². The highest BCUT2D eigenvalue weighted by Gasteiger charge is 2.34. The van der Waals surface area contributed by atoms with E-state index in [0.717, 1.165) is 18.8 Å². The molecule has 5 heteroatoms. The van der Waals surface area contributed by atoms with Crippen molar-refractivity contribution in [1.82, 2.24) is 4.90 Å². The molecule has 2 aliphatic rings. The molecule has 2 aromatic rings. The van der Waals surface area contributed by atoms with Crippen molar-refractivity contribution in [3.8, 4) is 5.75 Å². The molecule has 0 unspecified atom stereocenters. The minimum absolute atomic E-state index is 0.241. The number of rotatable bonds is 5. The molecule has 1 saturated heterocycles. The number of carbonyl (C=O) groups is 2. The molecule has 0 aromatic heterocycles. The van der Waals surface area contributed by atoms with E-state index in [2.05, 4.69) is 17.0 Å². The molecule has 0 N–H and O–H groups in total. The van der Waals surface area contributed by atoms with Crippen LogP contribution in [0.3, 0.4) is 0 Å². The van der Waals surface area contributed by atoms with Gasteiger partial charge in [0, 0.05) is 18.8 Å². The molecular formula is C21H22N2O3. The highest BCUT2D eigenvalue weighted by molar-refractivity contribution is 6.21. The number of imide groups is 1. The second-order valence-electron chi connectivity index (χ2n) is 6.70.